The van der Waals surface area contributed by atoms with E-state index in [1.165, 1.54) is 13.4 Å². The van der Waals surface area contributed by atoms with Crippen LogP contribution in [0.3, 0.4) is 0 Å². The summed E-state index contributed by atoms with van der Waals surface area (Å²) in [5.74, 6) is 0.986. The van der Waals surface area contributed by atoms with Gasteiger partial charge in [0.2, 0.25) is 5.88 Å². The van der Waals surface area contributed by atoms with Crippen molar-refractivity contribution in [3.63, 3.8) is 0 Å². The predicted octanol–water partition coefficient (Wildman–Crippen LogP) is 0.658. The number of hydrogen-bond acceptors (Lipinski definition) is 6. The highest BCUT2D eigenvalue weighted by molar-refractivity contribution is 5.67. The highest BCUT2D eigenvalue weighted by Gasteiger charge is 2.30. The Labute approximate surface area is 94.2 Å². The van der Waals surface area contributed by atoms with Crippen LogP contribution in [0.4, 0.5) is 11.5 Å². The molecule has 6 heteroatoms. The van der Waals surface area contributed by atoms with E-state index in [2.05, 4.69) is 22.2 Å². The van der Waals surface area contributed by atoms with Crippen molar-refractivity contribution < 1.29 is 9.47 Å². The molecule has 0 saturated carbocycles. The summed E-state index contributed by atoms with van der Waals surface area (Å²) in [6.45, 7) is 3.48. The molecule has 1 fully saturated rings. The molecule has 1 aromatic rings. The van der Waals surface area contributed by atoms with Gasteiger partial charge in [-0.3, -0.25) is 0 Å². The van der Waals surface area contributed by atoms with Crippen molar-refractivity contribution >= 4 is 11.5 Å². The lowest BCUT2D eigenvalue weighted by Crippen LogP contribution is -2.35. The molecule has 0 aliphatic carbocycles. The van der Waals surface area contributed by atoms with Gasteiger partial charge in [0.1, 0.15) is 12.0 Å². The molecular weight excluding hydrogens is 208 g/mol. The second kappa shape index (κ2) is 4.13. The molecule has 0 radical (unpaired) electrons. The maximum absolute atomic E-state index is 5.88. The van der Waals surface area contributed by atoms with E-state index < -0.39 is 0 Å². The number of nitrogens with two attached hydrogens (primary N) is 1. The maximum Gasteiger partial charge on any atom is 0.242 e. The summed E-state index contributed by atoms with van der Waals surface area (Å²) in [5.41, 5.74) is 6.19. The first kappa shape index (κ1) is 10.9. The van der Waals surface area contributed by atoms with Gasteiger partial charge >= 0.3 is 0 Å². The Morgan fingerprint density at radius 1 is 1.56 bits per heavy atom. The number of hydrogen-bond donors (Lipinski definition) is 2. The summed E-state index contributed by atoms with van der Waals surface area (Å²) in [6.07, 6.45) is 2.36. The Hall–Kier alpha value is -1.56. The fourth-order valence-electron chi connectivity index (χ4n) is 1.69. The molecule has 88 valence electrons. The first-order valence-electron chi connectivity index (χ1n) is 5.15. The zero-order valence-electron chi connectivity index (χ0n) is 9.49. The summed E-state index contributed by atoms with van der Waals surface area (Å²) in [4.78, 5) is 8.04. The van der Waals surface area contributed by atoms with Crippen molar-refractivity contribution in [2.45, 2.75) is 18.9 Å². The topological polar surface area (TPSA) is 82.3 Å². The van der Waals surface area contributed by atoms with E-state index in [9.17, 15) is 0 Å². The van der Waals surface area contributed by atoms with Gasteiger partial charge in [-0.05, 0) is 13.3 Å². The van der Waals surface area contributed by atoms with E-state index in [0.29, 0.717) is 24.0 Å². The minimum Gasteiger partial charge on any atom is -0.479 e. The molecule has 16 heavy (non-hydrogen) atoms. The summed E-state index contributed by atoms with van der Waals surface area (Å²) >= 11 is 0. The Bertz CT molecular complexity index is 377. The highest BCUT2D eigenvalue weighted by atomic mass is 16.5. The number of nitrogens with one attached hydrogen (secondary N) is 1. The van der Waals surface area contributed by atoms with Gasteiger partial charge in [0, 0.05) is 6.61 Å². The third kappa shape index (κ3) is 2.01. The van der Waals surface area contributed by atoms with Crippen molar-refractivity contribution in [3.8, 4) is 5.88 Å². The Morgan fingerprint density at radius 3 is 3.00 bits per heavy atom. The molecule has 1 aliphatic heterocycles. The molecule has 1 aliphatic rings. The Kier molecular flexibility index (Phi) is 2.82. The molecule has 1 aromatic heterocycles. The van der Waals surface area contributed by atoms with E-state index in [1.807, 2.05) is 0 Å². The average molecular weight is 224 g/mol. The number of methoxy groups -OCH3 is 1. The van der Waals surface area contributed by atoms with Crippen molar-refractivity contribution in [1.29, 1.82) is 0 Å². The zero-order chi connectivity index (χ0) is 11.6. The zero-order valence-corrected chi connectivity index (χ0v) is 9.49. The average Bonchev–Trinajstić information content (AvgIpc) is 2.68. The van der Waals surface area contributed by atoms with Crippen LogP contribution in [-0.4, -0.2) is 35.8 Å². The smallest absolute Gasteiger partial charge is 0.242 e. The van der Waals surface area contributed by atoms with Gasteiger partial charge in [-0.25, -0.2) is 4.98 Å². The SMILES string of the molecule is COc1ncnc(NC2(C)CCOC2)c1N. The molecule has 3 N–H and O–H groups in total. The van der Waals surface area contributed by atoms with Gasteiger partial charge in [0.15, 0.2) is 5.82 Å². The van der Waals surface area contributed by atoms with Gasteiger partial charge in [-0.15, -0.1) is 0 Å². The standard InChI is InChI=1S/C10H16N4O2/c1-10(3-4-16-5-10)14-8-7(11)9(15-2)13-6-12-8/h6H,3-5,11H2,1-2H3,(H,12,13,14). The monoisotopic (exact) mass is 224 g/mol. The molecule has 1 atom stereocenters. The van der Waals surface area contributed by atoms with Crippen molar-refractivity contribution in [1.82, 2.24) is 9.97 Å². The van der Waals surface area contributed by atoms with E-state index >= 15 is 0 Å². The number of rotatable bonds is 3. The van der Waals surface area contributed by atoms with Gasteiger partial charge in [-0.1, -0.05) is 0 Å². The van der Waals surface area contributed by atoms with Crippen molar-refractivity contribution in [3.05, 3.63) is 6.33 Å². The molecule has 1 unspecified atom stereocenters. The Balaban J connectivity index is 2.21. The molecule has 6 nitrogen and oxygen atoms in total. The molecule has 1 saturated heterocycles. The van der Waals surface area contributed by atoms with Crippen LogP contribution in [0.25, 0.3) is 0 Å². The number of aromatic nitrogens is 2. The van der Waals surface area contributed by atoms with E-state index in [4.69, 9.17) is 15.2 Å². The summed E-state index contributed by atoms with van der Waals surface area (Å²) < 4.78 is 10.4. The third-order valence-corrected chi connectivity index (χ3v) is 2.68. The van der Waals surface area contributed by atoms with Gasteiger partial charge in [-0.2, -0.15) is 4.98 Å². The number of anilines is 2. The van der Waals surface area contributed by atoms with Gasteiger partial charge < -0.3 is 20.5 Å². The maximum atomic E-state index is 5.88. The molecule has 0 aromatic carbocycles. The minimum absolute atomic E-state index is 0.118. The normalized spacial score (nSPS) is 24.4. The van der Waals surface area contributed by atoms with Crippen LogP contribution >= 0.6 is 0 Å². The van der Waals surface area contributed by atoms with Gasteiger partial charge in [0.05, 0.1) is 19.3 Å². The number of nitrogens with zero attached hydrogens (tertiary/aromatic N) is 2. The van der Waals surface area contributed by atoms with E-state index in [1.54, 1.807) is 0 Å². The summed E-state index contributed by atoms with van der Waals surface area (Å²) in [6, 6.07) is 0. The minimum atomic E-state index is -0.118. The van der Waals surface area contributed by atoms with Crippen LogP contribution in [0.5, 0.6) is 5.88 Å². The van der Waals surface area contributed by atoms with Crippen LogP contribution in [0, 0.1) is 0 Å². The van der Waals surface area contributed by atoms with Crippen LogP contribution < -0.4 is 15.8 Å². The molecule has 2 heterocycles. The highest BCUT2D eigenvalue weighted by Crippen LogP contribution is 2.29. The van der Waals surface area contributed by atoms with Crippen LogP contribution in [0.15, 0.2) is 6.33 Å². The quantitative estimate of drug-likeness (QED) is 0.784. The molecule has 0 spiro atoms. The third-order valence-electron chi connectivity index (χ3n) is 2.68. The predicted molar refractivity (Wildman–Crippen MR) is 60.5 cm³/mol. The second-order valence-corrected chi connectivity index (χ2v) is 4.13. The fourth-order valence-corrected chi connectivity index (χ4v) is 1.69. The molecule has 0 bridgehead atoms. The van der Waals surface area contributed by atoms with Crippen LogP contribution in [-0.2, 0) is 4.74 Å². The number of nitrogen functional groups attached to an aromatic ring is 1. The van der Waals surface area contributed by atoms with Crippen molar-refractivity contribution in [2.24, 2.45) is 0 Å². The van der Waals surface area contributed by atoms with E-state index in [0.717, 1.165) is 13.0 Å². The van der Waals surface area contributed by atoms with Gasteiger partial charge in [0.25, 0.3) is 0 Å². The Morgan fingerprint density at radius 2 is 2.38 bits per heavy atom. The molecule has 0 amide bonds. The second-order valence-electron chi connectivity index (χ2n) is 4.13. The first-order chi connectivity index (χ1) is 7.64. The summed E-state index contributed by atoms with van der Waals surface area (Å²) in [7, 11) is 1.53. The van der Waals surface area contributed by atoms with E-state index in [-0.39, 0.29) is 5.54 Å². The lowest BCUT2D eigenvalue weighted by molar-refractivity contribution is 0.185. The van der Waals surface area contributed by atoms with Crippen LogP contribution in [0.1, 0.15) is 13.3 Å². The molecule has 2 rings (SSSR count). The largest absolute Gasteiger partial charge is 0.479 e. The fraction of sp³-hybridized carbons (Fsp3) is 0.600. The molecular formula is C10H16N4O2. The summed E-state index contributed by atoms with van der Waals surface area (Å²) in [5, 5.41) is 3.28. The lowest BCUT2D eigenvalue weighted by atomic mass is 10.0. The first-order valence-corrected chi connectivity index (χ1v) is 5.15. The van der Waals surface area contributed by atoms with Crippen LogP contribution in [0.2, 0.25) is 0 Å². The number of ether oxygens (including phenoxy) is 2. The van der Waals surface area contributed by atoms with Crippen molar-refractivity contribution in [2.75, 3.05) is 31.4 Å². The lowest BCUT2D eigenvalue weighted by Gasteiger charge is -2.25.